The SMILES string of the molecule is C=C(C)C(=O)OCCCOC(=O)C12CC3CC(CC(O)(C3)C1)C2. The molecule has 5 heteroatoms. The van der Waals surface area contributed by atoms with Crippen molar-refractivity contribution < 1.29 is 24.2 Å². The van der Waals surface area contributed by atoms with Crippen molar-refractivity contribution in [1.82, 2.24) is 0 Å². The van der Waals surface area contributed by atoms with E-state index >= 15 is 0 Å². The van der Waals surface area contributed by atoms with Crippen LogP contribution >= 0.6 is 0 Å². The van der Waals surface area contributed by atoms with Gasteiger partial charge in [-0.2, -0.15) is 0 Å². The Labute approximate surface area is 137 Å². The molecule has 0 aliphatic heterocycles. The Kier molecular flexibility index (Phi) is 4.25. The summed E-state index contributed by atoms with van der Waals surface area (Å²) in [6.45, 7) is 5.58. The molecule has 23 heavy (non-hydrogen) atoms. The number of ether oxygens (including phenoxy) is 2. The molecular formula is C18H26O5. The fraction of sp³-hybridized carbons (Fsp3) is 0.778. The summed E-state index contributed by atoms with van der Waals surface area (Å²) >= 11 is 0. The Balaban J connectivity index is 1.47. The van der Waals surface area contributed by atoms with Crippen LogP contribution in [0.15, 0.2) is 12.2 Å². The van der Waals surface area contributed by atoms with Gasteiger partial charge in [0.1, 0.15) is 0 Å². The number of hydrogen-bond donors (Lipinski definition) is 1. The number of esters is 2. The molecule has 2 unspecified atom stereocenters. The van der Waals surface area contributed by atoms with E-state index in [-0.39, 0.29) is 19.2 Å². The molecule has 0 aromatic carbocycles. The van der Waals surface area contributed by atoms with E-state index in [1.54, 1.807) is 6.92 Å². The zero-order chi connectivity index (χ0) is 16.7. The highest BCUT2D eigenvalue weighted by molar-refractivity contribution is 5.86. The third kappa shape index (κ3) is 3.30. The first-order chi connectivity index (χ1) is 10.8. The van der Waals surface area contributed by atoms with Gasteiger partial charge in [0.15, 0.2) is 0 Å². The molecule has 0 aromatic heterocycles. The zero-order valence-electron chi connectivity index (χ0n) is 13.8. The molecule has 5 nitrogen and oxygen atoms in total. The van der Waals surface area contributed by atoms with E-state index in [1.807, 2.05) is 0 Å². The van der Waals surface area contributed by atoms with E-state index in [1.165, 1.54) is 0 Å². The van der Waals surface area contributed by atoms with Gasteiger partial charge in [0.2, 0.25) is 0 Å². The van der Waals surface area contributed by atoms with E-state index < -0.39 is 17.0 Å². The zero-order valence-corrected chi connectivity index (χ0v) is 13.8. The third-order valence-electron chi connectivity index (χ3n) is 5.57. The molecule has 4 aliphatic rings. The molecule has 0 saturated heterocycles. The van der Waals surface area contributed by atoms with Gasteiger partial charge in [-0.15, -0.1) is 0 Å². The Hall–Kier alpha value is -1.36. The van der Waals surface area contributed by atoms with Crippen LogP contribution in [0.2, 0.25) is 0 Å². The smallest absolute Gasteiger partial charge is 0.333 e. The summed E-state index contributed by atoms with van der Waals surface area (Å²) in [5.74, 6) is 0.339. The van der Waals surface area contributed by atoms with Crippen LogP contribution in [0.5, 0.6) is 0 Å². The molecule has 4 aliphatic carbocycles. The van der Waals surface area contributed by atoms with Crippen LogP contribution in [0.4, 0.5) is 0 Å². The molecule has 2 atom stereocenters. The number of carbonyl (C=O) groups is 2. The Morgan fingerprint density at radius 2 is 1.74 bits per heavy atom. The normalized spacial score (nSPS) is 37.5. The van der Waals surface area contributed by atoms with Crippen LogP contribution in [-0.2, 0) is 19.1 Å². The summed E-state index contributed by atoms with van der Waals surface area (Å²) < 4.78 is 10.4. The van der Waals surface area contributed by atoms with Gasteiger partial charge in [0, 0.05) is 12.0 Å². The van der Waals surface area contributed by atoms with E-state index in [9.17, 15) is 14.7 Å². The van der Waals surface area contributed by atoms with Gasteiger partial charge in [0.05, 0.1) is 24.2 Å². The van der Waals surface area contributed by atoms with Gasteiger partial charge < -0.3 is 14.6 Å². The quantitative estimate of drug-likeness (QED) is 0.462. The highest BCUT2D eigenvalue weighted by Crippen LogP contribution is 2.61. The average Bonchev–Trinajstić information content (AvgIpc) is 2.43. The summed E-state index contributed by atoms with van der Waals surface area (Å²) in [6, 6.07) is 0. The van der Waals surface area contributed by atoms with Crippen LogP contribution < -0.4 is 0 Å². The van der Waals surface area contributed by atoms with Gasteiger partial charge >= 0.3 is 11.9 Å². The van der Waals surface area contributed by atoms with E-state index in [0.29, 0.717) is 30.3 Å². The maximum Gasteiger partial charge on any atom is 0.333 e. The Bertz CT molecular complexity index is 510. The molecule has 128 valence electrons. The first kappa shape index (κ1) is 16.5. The second-order valence-electron chi connectivity index (χ2n) is 7.87. The molecule has 1 N–H and O–H groups in total. The van der Waals surface area contributed by atoms with Crippen molar-refractivity contribution >= 4 is 11.9 Å². The lowest BCUT2D eigenvalue weighted by Gasteiger charge is -2.58. The molecule has 0 aromatic rings. The largest absolute Gasteiger partial charge is 0.465 e. The third-order valence-corrected chi connectivity index (χ3v) is 5.57. The lowest BCUT2D eigenvalue weighted by Crippen LogP contribution is -2.58. The maximum atomic E-state index is 12.6. The molecule has 4 rings (SSSR count). The van der Waals surface area contributed by atoms with E-state index in [4.69, 9.17) is 9.47 Å². The monoisotopic (exact) mass is 322 g/mol. The summed E-state index contributed by atoms with van der Waals surface area (Å²) in [5.41, 5.74) is -0.767. The van der Waals surface area contributed by atoms with Crippen molar-refractivity contribution in [3.05, 3.63) is 12.2 Å². The topological polar surface area (TPSA) is 72.8 Å². The summed E-state index contributed by atoms with van der Waals surface area (Å²) in [6.07, 6.45) is 5.58. The van der Waals surface area contributed by atoms with E-state index in [0.717, 1.165) is 32.1 Å². The van der Waals surface area contributed by atoms with Gasteiger partial charge in [-0.25, -0.2) is 4.79 Å². The number of hydrogen-bond acceptors (Lipinski definition) is 5. The van der Waals surface area contributed by atoms with Crippen molar-refractivity contribution in [2.45, 2.75) is 57.5 Å². The lowest BCUT2D eigenvalue weighted by molar-refractivity contribution is -0.196. The minimum atomic E-state index is -0.653. The van der Waals surface area contributed by atoms with E-state index in [2.05, 4.69) is 6.58 Å². The van der Waals surface area contributed by atoms with Crippen molar-refractivity contribution in [1.29, 1.82) is 0 Å². The fourth-order valence-corrected chi connectivity index (χ4v) is 5.12. The van der Waals surface area contributed by atoms with Crippen molar-refractivity contribution in [2.75, 3.05) is 13.2 Å². The predicted octanol–water partition coefficient (Wildman–Crippen LogP) is 2.37. The summed E-state index contributed by atoms with van der Waals surface area (Å²) in [4.78, 5) is 23.8. The molecule has 0 amide bonds. The average molecular weight is 322 g/mol. The second kappa shape index (κ2) is 5.93. The number of carbonyl (C=O) groups excluding carboxylic acids is 2. The highest BCUT2D eigenvalue weighted by atomic mass is 16.5. The van der Waals surface area contributed by atoms with Crippen LogP contribution in [0, 0.1) is 17.3 Å². The molecule has 4 fully saturated rings. The minimum Gasteiger partial charge on any atom is -0.465 e. The molecule has 4 bridgehead atoms. The molecule has 0 spiro atoms. The number of rotatable bonds is 6. The predicted molar refractivity (Wildman–Crippen MR) is 83.4 cm³/mol. The first-order valence-corrected chi connectivity index (χ1v) is 8.54. The van der Waals surface area contributed by atoms with Crippen LogP contribution in [-0.4, -0.2) is 35.9 Å². The lowest BCUT2D eigenvalue weighted by atomic mass is 9.48. The van der Waals surface area contributed by atoms with Crippen LogP contribution in [0.25, 0.3) is 0 Å². The van der Waals surface area contributed by atoms with Crippen LogP contribution in [0.3, 0.4) is 0 Å². The number of aliphatic hydroxyl groups is 1. The molecule has 0 radical (unpaired) electrons. The summed E-state index contributed by atoms with van der Waals surface area (Å²) in [5, 5.41) is 10.7. The Morgan fingerprint density at radius 3 is 2.30 bits per heavy atom. The van der Waals surface area contributed by atoms with Crippen molar-refractivity contribution in [2.24, 2.45) is 17.3 Å². The van der Waals surface area contributed by atoms with Crippen LogP contribution in [0.1, 0.15) is 51.9 Å². The van der Waals surface area contributed by atoms with Gasteiger partial charge in [-0.05, 0) is 57.3 Å². The summed E-state index contributed by atoms with van der Waals surface area (Å²) in [7, 11) is 0. The molecule has 0 heterocycles. The van der Waals surface area contributed by atoms with Gasteiger partial charge in [-0.1, -0.05) is 6.58 Å². The second-order valence-corrected chi connectivity index (χ2v) is 7.87. The standard InChI is InChI=1S/C18H26O5/c1-12(2)15(19)22-4-3-5-23-16(20)17-7-13-6-14(8-17)10-18(21,9-13)11-17/h13-14,21H,1,3-11H2,2H3. The first-order valence-electron chi connectivity index (χ1n) is 8.54. The fourth-order valence-electron chi connectivity index (χ4n) is 5.12. The van der Waals surface area contributed by atoms with Gasteiger partial charge in [-0.3, -0.25) is 4.79 Å². The van der Waals surface area contributed by atoms with Gasteiger partial charge in [0.25, 0.3) is 0 Å². The highest BCUT2D eigenvalue weighted by Gasteiger charge is 2.60. The van der Waals surface area contributed by atoms with Crippen molar-refractivity contribution in [3.8, 4) is 0 Å². The molecular weight excluding hydrogens is 296 g/mol. The minimum absolute atomic E-state index is 0.170. The molecule has 4 saturated carbocycles. The van der Waals surface area contributed by atoms with Crippen molar-refractivity contribution in [3.63, 3.8) is 0 Å². The Morgan fingerprint density at radius 1 is 1.13 bits per heavy atom. The maximum absolute atomic E-state index is 12.6.